The van der Waals surface area contributed by atoms with Crippen molar-refractivity contribution in [2.75, 3.05) is 5.32 Å². The van der Waals surface area contributed by atoms with Crippen LogP contribution >= 0.6 is 15.9 Å². The van der Waals surface area contributed by atoms with E-state index in [4.69, 9.17) is 4.42 Å². The normalized spacial score (nSPS) is 12.1. The molecule has 0 bridgehead atoms. The largest absolute Gasteiger partial charge is 0.436 e. The van der Waals surface area contributed by atoms with E-state index in [1.807, 2.05) is 48.5 Å². The van der Waals surface area contributed by atoms with E-state index in [0.29, 0.717) is 23.1 Å². The van der Waals surface area contributed by atoms with Crippen molar-refractivity contribution >= 4 is 38.6 Å². The Bertz CT molecular complexity index is 1180. The Morgan fingerprint density at radius 1 is 1.10 bits per heavy atom. The lowest BCUT2D eigenvalue weighted by Gasteiger charge is -2.07. The Labute approximate surface area is 178 Å². The lowest BCUT2D eigenvalue weighted by atomic mass is 9.98. The third-order valence-corrected chi connectivity index (χ3v) is 5.77. The molecule has 4 rings (SSSR count). The summed E-state index contributed by atoms with van der Waals surface area (Å²) in [6.07, 6.45) is 1.08. The van der Waals surface area contributed by atoms with Crippen molar-refractivity contribution in [2.24, 2.45) is 0 Å². The third-order valence-electron chi connectivity index (χ3n) is 5.08. The number of oxazole rings is 1. The number of nitrogens with one attached hydrogen (secondary N) is 1. The Kier molecular flexibility index (Phi) is 5.49. The summed E-state index contributed by atoms with van der Waals surface area (Å²) >= 11 is 3.42. The van der Waals surface area contributed by atoms with Crippen molar-refractivity contribution in [3.05, 3.63) is 82.3 Å². The van der Waals surface area contributed by atoms with Crippen LogP contribution in [-0.2, 0) is 0 Å². The fourth-order valence-electron chi connectivity index (χ4n) is 3.18. The number of hydrogen-bond donors (Lipinski definition) is 1. The number of aromatic nitrogens is 1. The van der Waals surface area contributed by atoms with Gasteiger partial charge < -0.3 is 9.73 Å². The van der Waals surface area contributed by atoms with Crippen LogP contribution in [0.2, 0.25) is 0 Å². The van der Waals surface area contributed by atoms with E-state index in [2.05, 4.69) is 52.2 Å². The van der Waals surface area contributed by atoms with Crippen LogP contribution in [0.25, 0.3) is 22.6 Å². The highest BCUT2D eigenvalue weighted by Crippen LogP contribution is 2.29. The minimum atomic E-state index is -0.176. The molecule has 29 heavy (non-hydrogen) atoms. The number of nitrogens with zero attached hydrogens (tertiary/aromatic N) is 1. The van der Waals surface area contributed by atoms with E-state index in [-0.39, 0.29) is 5.91 Å². The van der Waals surface area contributed by atoms with Gasteiger partial charge >= 0.3 is 0 Å². The number of carbonyl (C=O) groups is 1. The van der Waals surface area contributed by atoms with Gasteiger partial charge in [0.1, 0.15) is 5.52 Å². The molecular formula is C24H21BrN2O2. The van der Waals surface area contributed by atoms with E-state index in [1.54, 1.807) is 6.07 Å². The maximum absolute atomic E-state index is 12.6. The number of fused-ring (bicyclic) bond motifs is 1. The van der Waals surface area contributed by atoms with Crippen LogP contribution < -0.4 is 5.32 Å². The first kappa shape index (κ1) is 19.4. The minimum absolute atomic E-state index is 0.176. The van der Waals surface area contributed by atoms with E-state index in [1.165, 1.54) is 5.56 Å². The SMILES string of the molecule is CC[C@H](C)c1ccc2oc(-c3cccc(NC(=O)c4ccccc4Br)c3)nc2c1. The summed E-state index contributed by atoms with van der Waals surface area (Å²) in [7, 11) is 0. The molecule has 1 aromatic heterocycles. The predicted molar refractivity (Wildman–Crippen MR) is 120 cm³/mol. The van der Waals surface area contributed by atoms with Crippen LogP contribution in [0.3, 0.4) is 0 Å². The van der Waals surface area contributed by atoms with Gasteiger partial charge in [-0.3, -0.25) is 4.79 Å². The van der Waals surface area contributed by atoms with E-state index < -0.39 is 0 Å². The molecule has 0 spiro atoms. The summed E-state index contributed by atoms with van der Waals surface area (Å²) in [5, 5.41) is 2.94. The molecule has 0 aliphatic carbocycles. The highest BCUT2D eigenvalue weighted by atomic mass is 79.9. The smallest absolute Gasteiger partial charge is 0.256 e. The van der Waals surface area contributed by atoms with Gasteiger partial charge in [-0.15, -0.1) is 0 Å². The van der Waals surface area contributed by atoms with Crippen molar-refractivity contribution in [1.82, 2.24) is 4.98 Å². The van der Waals surface area contributed by atoms with Gasteiger partial charge in [0.2, 0.25) is 5.89 Å². The van der Waals surface area contributed by atoms with Crippen LogP contribution in [0.5, 0.6) is 0 Å². The van der Waals surface area contributed by atoms with Crippen molar-refractivity contribution in [3.63, 3.8) is 0 Å². The Morgan fingerprint density at radius 2 is 1.93 bits per heavy atom. The predicted octanol–water partition coefficient (Wildman–Crippen LogP) is 7.02. The molecule has 1 heterocycles. The molecule has 0 fully saturated rings. The van der Waals surface area contributed by atoms with Crippen LogP contribution in [0, 0.1) is 0 Å². The Morgan fingerprint density at radius 3 is 2.72 bits per heavy atom. The highest BCUT2D eigenvalue weighted by molar-refractivity contribution is 9.10. The first-order valence-corrected chi connectivity index (χ1v) is 10.4. The summed E-state index contributed by atoms with van der Waals surface area (Å²) in [6, 6.07) is 21.0. The Hall–Kier alpha value is -2.92. The molecule has 0 saturated heterocycles. The zero-order chi connectivity index (χ0) is 20.4. The number of carbonyl (C=O) groups excluding carboxylic acids is 1. The summed E-state index contributed by atoms with van der Waals surface area (Å²) in [4.78, 5) is 17.2. The maximum Gasteiger partial charge on any atom is 0.256 e. The average Bonchev–Trinajstić information content (AvgIpc) is 3.17. The number of benzene rings is 3. The number of hydrogen-bond acceptors (Lipinski definition) is 3. The van der Waals surface area contributed by atoms with Gasteiger partial charge in [0.25, 0.3) is 5.91 Å². The number of anilines is 1. The fourth-order valence-corrected chi connectivity index (χ4v) is 3.65. The number of rotatable bonds is 5. The second-order valence-corrected chi connectivity index (χ2v) is 7.92. The standard InChI is InChI=1S/C24H21BrN2O2/c1-3-15(2)16-11-12-22-21(14-16)27-24(29-22)17-7-6-8-18(13-17)26-23(28)19-9-4-5-10-20(19)25/h4-15H,3H2,1-2H3,(H,26,28)/t15-/m0/s1. The van der Waals surface area contributed by atoms with E-state index in [9.17, 15) is 4.79 Å². The molecule has 4 aromatic rings. The molecule has 1 N–H and O–H groups in total. The molecule has 0 aliphatic heterocycles. The van der Waals surface area contributed by atoms with Gasteiger partial charge in [-0.25, -0.2) is 4.98 Å². The Balaban J connectivity index is 1.61. The zero-order valence-electron chi connectivity index (χ0n) is 16.3. The van der Waals surface area contributed by atoms with E-state index >= 15 is 0 Å². The molecule has 0 unspecified atom stereocenters. The van der Waals surface area contributed by atoms with Crippen LogP contribution in [0.4, 0.5) is 5.69 Å². The first-order chi connectivity index (χ1) is 14.0. The van der Waals surface area contributed by atoms with Crippen LogP contribution in [0.15, 0.2) is 75.6 Å². The topological polar surface area (TPSA) is 55.1 Å². The molecule has 5 heteroatoms. The molecule has 3 aromatic carbocycles. The zero-order valence-corrected chi connectivity index (χ0v) is 17.9. The van der Waals surface area contributed by atoms with Crippen LogP contribution in [0.1, 0.15) is 42.1 Å². The molecule has 4 nitrogen and oxygen atoms in total. The molecule has 1 amide bonds. The summed E-state index contributed by atoms with van der Waals surface area (Å²) in [6.45, 7) is 4.39. The number of amides is 1. The second-order valence-electron chi connectivity index (χ2n) is 7.07. The van der Waals surface area contributed by atoms with E-state index in [0.717, 1.165) is 27.6 Å². The van der Waals surface area contributed by atoms with Crippen LogP contribution in [-0.4, -0.2) is 10.9 Å². The molecule has 146 valence electrons. The highest BCUT2D eigenvalue weighted by Gasteiger charge is 2.13. The fraction of sp³-hybridized carbons (Fsp3) is 0.167. The number of halogens is 1. The van der Waals surface area contributed by atoms with Gasteiger partial charge in [0.05, 0.1) is 5.56 Å². The lowest BCUT2D eigenvalue weighted by Crippen LogP contribution is -2.12. The van der Waals surface area contributed by atoms with Gasteiger partial charge in [0, 0.05) is 15.7 Å². The quantitative estimate of drug-likeness (QED) is 0.356. The molecule has 0 saturated carbocycles. The minimum Gasteiger partial charge on any atom is -0.436 e. The van der Waals surface area contributed by atoms with Crippen molar-refractivity contribution in [1.29, 1.82) is 0 Å². The van der Waals surface area contributed by atoms with Crippen molar-refractivity contribution in [2.45, 2.75) is 26.2 Å². The first-order valence-electron chi connectivity index (χ1n) is 9.62. The second kappa shape index (κ2) is 8.21. The monoisotopic (exact) mass is 448 g/mol. The van der Waals surface area contributed by atoms with Gasteiger partial charge in [-0.05, 0) is 76.3 Å². The molecule has 0 aliphatic rings. The van der Waals surface area contributed by atoms with Crippen molar-refractivity contribution < 1.29 is 9.21 Å². The maximum atomic E-state index is 12.6. The van der Waals surface area contributed by atoms with Gasteiger partial charge in [0.15, 0.2) is 5.58 Å². The summed E-state index contributed by atoms with van der Waals surface area (Å²) in [5.74, 6) is 0.846. The summed E-state index contributed by atoms with van der Waals surface area (Å²) < 4.78 is 6.71. The summed E-state index contributed by atoms with van der Waals surface area (Å²) in [5.41, 5.74) is 4.95. The molecular weight excluding hydrogens is 428 g/mol. The molecule has 1 atom stereocenters. The molecule has 0 radical (unpaired) electrons. The van der Waals surface area contributed by atoms with Crippen molar-refractivity contribution in [3.8, 4) is 11.5 Å². The lowest BCUT2D eigenvalue weighted by molar-refractivity contribution is 0.102. The van der Waals surface area contributed by atoms with Gasteiger partial charge in [-0.1, -0.05) is 38.1 Å². The average molecular weight is 449 g/mol. The third kappa shape index (κ3) is 4.10. The van der Waals surface area contributed by atoms with Gasteiger partial charge in [-0.2, -0.15) is 0 Å².